The normalized spacial score (nSPS) is 15.3. The van der Waals surface area contributed by atoms with E-state index in [1.54, 1.807) is 12.5 Å². The Bertz CT molecular complexity index is 1120. The number of unbranched alkanes of at least 4 members (excludes halogenated alkanes) is 1. The molecule has 0 unspecified atom stereocenters. The molecule has 2 heterocycles. The lowest BCUT2D eigenvalue weighted by Gasteiger charge is -2.24. The van der Waals surface area contributed by atoms with Crippen molar-refractivity contribution in [1.82, 2.24) is 25.1 Å². The van der Waals surface area contributed by atoms with E-state index in [9.17, 15) is 9.59 Å². The molecule has 0 aliphatic carbocycles. The van der Waals surface area contributed by atoms with Gasteiger partial charge in [-0.05, 0) is 49.8 Å². The molecule has 2 N–H and O–H groups in total. The molecular formula is C29H37N5O3. The van der Waals surface area contributed by atoms with Crippen molar-refractivity contribution in [3.05, 3.63) is 83.9 Å². The van der Waals surface area contributed by atoms with Crippen LogP contribution in [0.15, 0.2) is 67.3 Å². The lowest BCUT2D eigenvalue weighted by Crippen LogP contribution is -2.37. The highest BCUT2D eigenvalue weighted by atomic mass is 16.5. The smallest absolute Gasteiger partial charge is 0.251 e. The van der Waals surface area contributed by atoms with Gasteiger partial charge >= 0.3 is 0 Å². The number of aryl methyl sites for hydroxylation is 1. The molecule has 0 saturated heterocycles. The second-order valence-electron chi connectivity index (χ2n) is 9.44. The monoisotopic (exact) mass is 503 g/mol. The van der Waals surface area contributed by atoms with E-state index in [2.05, 4.69) is 32.7 Å². The summed E-state index contributed by atoms with van der Waals surface area (Å²) in [7, 11) is 0. The van der Waals surface area contributed by atoms with Crippen LogP contribution in [0.25, 0.3) is 0 Å². The number of imidazole rings is 1. The minimum atomic E-state index is -0.114. The molecule has 8 heteroatoms. The largest absolute Gasteiger partial charge is 0.493 e. The average Bonchev–Trinajstić information content (AvgIpc) is 3.42. The number of hydrogen-bond donors (Lipinski definition) is 2. The number of amides is 2. The van der Waals surface area contributed by atoms with E-state index in [-0.39, 0.29) is 18.4 Å². The number of benzene rings is 2. The average molecular weight is 504 g/mol. The summed E-state index contributed by atoms with van der Waals surface area (Å²) in [5, 5.41) is 6.12. The predicted molar refractivity (Wildman–Crippen MR) is 143 cm³/mol. The van der Waals surface area contributed by atoms with Gasteiger partial charge in [-0.25, -0.2) is 4.98 Å². The molecule has 1 aromatic heterocycles. The second-order valence-corrected chi connectivity index (χ2v) is 9.44. The number of nitrogens with one attached hydrogen (secondary N) is 2. The van der Waals surface area contributed by atoms with Crippen LogP contribution in [0.5, 0.6) is 5.75 Å². The zero-order valence-corrected chi connectivity index (χ0v) is 21.4. The minimum absolute atomic E-state index is 0.00234. The standard InChI is InChI=1S/C29H37N5O3/c35-28-22-34(20-24-10-3-1-4-11-24)21-26-25(12-9-13-27(26)37-19-8-2-5-14-31-28)29(36)32-15-6-7-17-33-18-16-30-23-33/h1,3-4,9-13,16,18,23H,2,5-8,14-15,17,19-22H2,(H,31,35)(H,32,36). The van der Waals surface area contributed by atoms with Crippen molar-refractivity contribution in [2.75, 3.05) is 26.2 Å². The highest BCUT2D eigenvalue weighted by Crippen LogP contribution is 2.26. The van der Waals surface area contributed by atoms with E-state index in [0.717, 1.165) is 49.8 Å². The van der Waals surface area contributed by atoms with Crippen LogP contribution in [0, 0.1) is 0 Å². The molecule has 2 amide bonds. The fourth-order valence-electron chi connectivity index (χ4n) is 4.52. The molecule has 0 atom stereocenters. The van der Waals surface area contributed by atoms with E-state index in [1.165, 1.54) is 0 Å². The molecule has 37 heavy (non-hydrogen) atoms. The zero-order valence-electron chi connectivity index (χ0n) is 21.4. The van der Waals surface area contributed by atoms with Crippen molar-refractivity contribution in [1.29, 1.82) is 0 Å². The molecule has 1 aliphatic heterocycles. The topological polar surface area (TPSA) is 88.5 Å². The summed E-state index contributed by atoms with van der Waals surface area (Å²) in [5.74, 6) is 0.597. The number of hydrogen-bond acceptors (Lipinski definition) is 5. The van der Waals surface area contributed by atoms with Gasteiger partial charge in [0.1, 0.15) is 5.75 Å². The quantitative estimate of drug-likeness (QED) is 0.457. The lowest BCUT2D eigenvalue weighted by molar-refractivity contribution is -0.122. The van der Waals surface area contributed by atoms with Crippen molar-refractivity contribution < 1.29 is 14.3 Å². The predicted octanol–water partition coefficient (Wildman–Crippen LogP) is 3.77. The Morgan fingerprint density at radius 2 is 1.92 bits per heavy atom. The van der Waals surface area contributed by atoms with Crippen molar-refractivity contribution in [2.24, 2.45) is 0 Å². The molecule has 0 spiro atoms. The Balaban J connectivity index is 1.49. The highest BCUT2D eigenvalue weighted by Gasteiger charge is 2.21. The SMILES string of the molecule is O=C1CN(Cc2ccccc2)Cc2c(cccc2C(=O)NCCCCn2ccnc2)OCCCCCN1. The molecule has 3 aromatic rings. The molecule has 2 aromatic carbocycles. The number of ether oxygens (including phenoxy) is 1. The maximum atomic E-state index is 13.3. The molecular weight excluding hydrogens is 466 g/mol. The van der Waals surface area contributed by atoms with E-state index in [4.69, 9.17) is 4.74 Å². The summed E-state index contributed by atoms with van der Waals surface area (Å²) < 4.78 is 8.22. The van der Waals surface area contributed by atoms with E-state index >= 15 is 0 Å². The van der Waals surface area contributed by atoms with Crippen LogP contribution in [-0.4, -0.2) is 52.5 Å². The van der Waals surface area contributed by atoms with E-state index in [1.807, 2.05) is 47.2 Å². The van der Waals surface area contributed by atoms with Gasteiger partial charge < -0.3 is 19.9 Å². The number of aromatic nitrogens is 2. The van der Waals surface area contributed by atoms with Gasteiger partial charge in [0.05, 0.1) is 19.5 Å². The van der Waals surface area contributed by atoms with Crippen LogP contribution in [-0.2, 0) is 24.4 Å². The number of rotatable bonds is 8. The van der Waals surface area contributed by atoms with Gasteiger partial charge in [-0.1, -0.05) is 36.4 Å². The third-order valence-electron chi connectivity index (χ3n) is 6.46. The Labute approximate surface area is 219 Å². The van der Waals surface area contributed by atoms with Crippen LogP contribution < -0.4 is 15.4 Å². The Hall–Kier alpha value is -3.65. The van der Waals surface area contributed by atoms with Gasteiger partial charge in [0.2, 0.25) is 5.91 Å². The Morgan fingerprint density at radius 1 is 1.03 bits per heavy atom. The first-order chi connectivity index (χ1) is 18.2. The van der Waals surface area contributed by atoms with Crippen molar-refractivity contribution >= 4 is 11.8 Å². The first-order valence-electron chi connectivity index (χ1n) is 13.2. The van der Waals surface area contributed by atoms with Crippen LogP contribution in [0.3, 0.4) is 0 Å². The number of fused-ring (bicyclic) bond motifs is 1. The van der Waals surface area contributed by atoms with Gasteiger partial charge in [0.25, 0.3) is 5.91 Å². The van der Waals surface area contributed by atoms with Crippen LogP contribution in [0.2, 0.25) is 0 Å². The van der Waals surface area contributed by atoms with Crippen LogP contribution >= 0.6 is 0 Å². The van der Waals surface area contributed by atoms with Crippen LogP contribution in [0.1, 0.15) is 53.6 Å². The number of carbonyl (C=O) groups is 2. The Morgan fingerprint density at radius 3 is 2.76 bits per heavy atom. The maximum Gasteiger partial charge on any atom is 0.251 e. The molecule has 4 rings (SSSR count). The van der Waals surface area contributed by atoms with Crippen molar-refractivity contribution in [2.45, 2.75) is 51.7 Å². The summed E-state index contributed by atoms with van der Waals surface area (Å²) in [6, 6.07) is 15.7. The summed E-state index contributed by atoms with van der Waals surface area (Å²) in [6.45, 7) is 3.99. The van der Waals surface area contributed by atoms with Gasteiger partial charge in [0.15, 0.2) is 0 Å². The summed E-state index contributed by atoms with van der Waals surface area (Å²) in [6.07, 6.45) is 10.1. The molecule has 0 fully saturated rings. The van der Waals surface area contributed by atoms with Crippen LogP contribution in [0.4, 0.5) is 0 Å². The fraction of sp³-hybridized carbons (Fsp3) is 0.414. The zero-order chi connectivity index (χ0) is 25.7. The summed E-state index contributed by atoms with van der Waals surface area (Å²) in [5.41, 5.74) is 2.53. The molecule has 0 bridgehead atoms. The third kappa shape index (κ3) is 8.46. The first kappa shape index (κ1) is 26.4. The highest BCUT2D eigenvalue weighted by molar-refractivity contribution is 5.96. The number of carbonyl (C=O) groups excluding carboxylic acids is 2. The molecule has 0 radical (unpaired) electrons. The van der Waals surface area contributed by atoms with Gasteiger partial charge in [-0.15, -0.1) is 0 Å². The molecule has 8 nitrogen and oxygen atoms in total. The van der Waals surface area contributed by atoms with Crippen molar-refractivity contribution in [3.63, 3.8) is 0 Å². The van der Waals surface area contributed by atoms with E-state index in [0.29, 0.717) is 44.1 Å². The Kier molecular flexibility index (Phi) is 10.1. The maximum absolute atomic E-state index is 13.3. The third-order valence-corrected chi connectivity index (χ3v) is 6.46. The minimum Gasteiger partial charge on any atom is -0.493 e. The second kappa shape index (κ2) is 14.2. The molecule has 1 aliphatic rings. The summed E-state index contributed by atoms with van der Waals surface area (Å²) in [4.78, 5) is 32.2. The number of nitrogens with zero attached hydrogens (tertiary/aromatic N) is 3. The van der Waals surface area contributed by atoms with Gasteiger partial charge in [0, 0.05) is 56.2 Å². The van der Waals surface area contributed by atoms with Gasteiger partial charge in [-0.2, -0.15) is 0 Å². The molecule has 0 saturated carbocycles. The van der Waals surface area contributed by atoms with E-state index < -0.39 is 0 Å². The fourth-order valence-corrected chi connectivity index (χ4v) is 4.52. The summed E-state index contributed by atoms with van der Waals surface area (Å²) >= 11 is 0. The first-order valence-corrected chi connectivity index (χ1v) is 13.2. The lowest BCUT2D eigenvalue weighted by atomic mass is 10.0. The van der Waals surface area contributed by atoms with Gasteiger partial charge in [-0.3, -0.25) is 14.5 Å². The molecule has 196 valence electrons. The van der Waals surface area contributed by atoms with Crippen molar-refractivity contribution in [3.8, 4) is 5.75 Å².